The molecule has 1 aromatic carbocycles. The van der Waals surface area contributed by atoms with Crippen LogP contribution in [0.2, 0.25) is 0 Å². The fourth-order valence-electron chi connectivity index (χ4n) is 2.20. The molecule has 1 aliphatic heterocycles. The van der Waals surface area contributed by atoms with Gasteiger partial charge in [0.2, 0.25) is 5.95 Å². The van der Waals surface area contributed by atoms with E-state index in [4.69, 9.17) is 5.73 Å². The second-order valence-corrected chi connectivity index (χ2v) is 4.75. The Balaban J connectivity index is 2.00. The highest BCUT2D eigenvalue weighted by atomic mass is 32.1. The molecule has 19 heavy (non-hydrogen) atoms. The highest BCUT2D eigenvalue weighted by Crippen LogP contribution is 2.31. The number of guanidine groups is 1. The predicted molar refractivity (Wildman–Crippen MR) is 73.0 cm³/mol. The Kier molecular flexibility index (Phi) is 2.06. The number of nitrogens with zero attached hydrogens (tertiary/aromatic N) is 5. The van der Waals surface area contributed by atoms with E-state index in [1.807, 2.05) is 34.2 Å². The lowest BCUT2D eigenvalue weighted by Gasteiger charge is -2.21. The van der Waals surface area contributed by atoms with Gasteiger partial charge in [-0.1, -0.05) is 16.6 Å². The number of aromatic nitrogens is 4. The Morgan fingerprint density at radius 2 is 2.21 bits per heavy atom. The number of imidazole rings is 1. The quantitative estimate of drug-likeness (QED) is 0.693. The molecular weight excluding hydrogens is 262 g/mol. The molecule has 0 radical (unpaired) electrons. The van der Waals surface area contributed by atoms with Crippen LogP contribution in [0.3, 0.4) is 0 Å². The number of rotatable bonds is 1. The SMILES string of the molecule is NC1=NC(c2csnn2)n2c(nc3ccccc32)N1. The molecule has 0 saturated heterocycles. The minimum Gasteiger partial charge on any atom is -0.370 e. The maximum Gasteiger partial charge on any atom is 0.212 e. The first kappa shape index (κ1) is 10.4. The summed E-state index contributed by atoms with van der Waals surface area (Å²) in [5.41, 5.74) is 8.45. The summed E-state index contributed by atoms with van der Waals surface area (Å²) in [7, 11) is 0. The molecule has 2 aromatic heterocycles. The summed E-state index contributed by atoms with van der Waals surface area (Å²) < 4.78 is 5.86. The van der Waals surface area contributed by atoms with Crippen LogP contribution in [-0.2, 0) is 0 Å². The van der Waals surface area contributed by atoms with E-state index in [-0.39, 0.29) is 6.17 Å². The predicted octanol–water partition coefficient (Wildman–Crippen LogP) is 1.17. The van der Waals surface area contributed by atoms with E-state index < -0.39 is 0 Å². The third-order valence-electron chi connectivity index (χ3n) is 2.98. The number of hydrogen-bond acceptors (Lipinski definition) is 7. The summed E-state index contributed by atoms with van der Waals surface area (Å²) in [4.78, 5) is 8.91. The summed E-state index contributed by atoms with van der Waals surface area (Å²) in [6.07, 6.45) is -0.317. The lowest BCUT2D eigenvalue weighted by molar-refractivity contribution is 0.606. The van der Waals surface area contributed by atoms with Crippen molar-refractivity contribution in [3.8, 4) is 0 Å². The summed E-state index contributed by atoms with van der Waals surface area (Å²) in [5.74, 6) is 1.01. The first-order valence-electron chi connectivity index (χ1n) is 5.67. The summed E-state index contributed by atoms with van der Waals surface area (Å²) in [5, 5.41) is 8.93. The zero-order valence-corrected chi connectivity index (χ0v) is 10.5. The van der Waals surface area contributed by atoms with Gasteiger partial charge < -0.3 is 5.73 Å². The molecule has 1 atom stereocenters. The maximum atomic E-state index is 5.81. The van der Waals surface area contributed by atoms with E-state index in [0.29, 0.717) is 11.9 Å². The van der Waals surface area contributed by atoms with Gasteiger partial charge in [-0.05, 0) is 23.7 Å². The molecule has 3 aromatic rings. The van der Waals surface area contributed by atoms with Crippen molar-refractivity contribution in [2.24, 2.45) is 10.7 Å². The molecule has 1 aliphatic rings. The standard InChI is InChI=1S/C11H9N7S/c12-10-14-9(7-5-19-17-16-7)18-8-4-2-1-3-6(8)13-11(18)15-10/h1-5,9H,(H3,12,13,14,15). The molecule has 0 saturated carbocycles. The van der Waals surface area contributed by atoms with Crippen molar-refractivity contribution in [1.29, 1.82) is 0 Å². The Morgan fingerprint density at radius 3 is 3.05 bits per heavy atom. The fourth-order valence-corrected chi connectivity index (χ4v) is 2.66. The molecule has 3 N–H and O–H groups in total. The first-order valence-corrected chi connectivity index (χ1v) is 6.51. The zero-order valence-electron chi connectivity index (χ0n) is 9.69. The topological polar surface area (TPSA) is 94.0 Å². The van der Waals surface area contributed by atoms with Crippen molar-refractivity contribution in [2.75, 3.05) is 5.32 Å². The highest BCUT2D eigenvalue weighted by molar-refractivity contribution is 7.03. The van der Waals surface area contributed by atoms with Crippen LogP contribution in [0, 0.1) is 0 Å². The van der Waals surface area contributed by atoms with Gasteiger partial charge in [0, 0.05) is 5.38 Å². The van der Waals surface area contributed by atoms with E-state index in [1.54, 1.807) is 0 Å². The number of nitrogens with two attached hydrogens (primary N) is 1. The molecule has 0 aliphatic carbocycles. The van der Waals surface area contributed by atoms with Crippen molar-refractivity contribution < 1.29 is 0 Å². The fraction of sp³-hybridized carbons (Fsp3) is 0.0909. The van der Waals surface area contributed by atoms with Crippen molar-refractivity contribution in [2.45, 2.75) is 6.17 Å². The average Bonchev–Trinajstić information content (AvgIpc) is 3.04. The van der Waals surface area contributed by atoms with Gasteiger partial charge in [-0.3, -0.25) is 9.88 Å². The molecule has 94 valence electrons. The van der Waals surface area contributed by atoms with Crippen molar-refractivity contribution >= 4 is 34.5 Å². The van der Waals surface area contributed by atoms with Crippen LogP contribution in [0.4, 0.5) is 5.95 Å². The molecule has 0 spiro atoms. The van der Waals surface area contributed by atoms with E-state index in [2.05, 4.69) is 24.9 Å². The molecule has 3 heterocycles. The van der Waals surface area contributed by atoms with Crippen LogP contribution in [0.15, 0.2) is 34.6 Å². The van der Waals surface area contributed by atoms with E-state index in [0.717, 1.165) is 16.7 Å². The number of fused-ring (bicyclic) bond motifs is 3. The third-order valence-corrected chi connectivity index (χ3v) is 3.51. The highest BCUT2D eigenvalue weighted by Gasteiger charge is 2.26. The molecule has 7 nitrogen and oxygen atoms in total. The van der Waals surface area contributed by atoms with Gasteiger partial charge in [-0.25, -0.2) is 9.98 Å². The van der Waals surface area contributed by atoms with Crippen LogP contribution >= 0.6 is 11.5 Å². The van der Waals surface area contributed by atoms with Crippen molar-refractivity contribution in [1.82, 2.24) is 19.1 Å². The molecule has 0 fully saturated rings. The van der Waals surface area contributed by atoms with E-state index in [1.165, 1.54) is 11.5 Å². The lowest BCUT2D eigenvalue weighted by atomic mass is 10.3. The molecular formula is C11H9N7S. The Morgan fingerprint density at radius 1 is 1.32 bits per heavy atom. The Hall–Kier alpha value is -2.48. The minimum absolute atomic E-state index is 0.317. The number of nitrogens with one attached hydrogen (secondary N) is 1. The lowest BCUT2D eigenvalue weighted by Crippen LogP contribution is -2.31. The van der Waals surface area contributed by atoms with Crippen LogP contribution in [-0.4, -0.2) is 25.1 Å². The molecule has 0 amide bonds. The van der Waals surface area contributed by atoms with E-state index >= 15 is 0 Å². The number of hydrogen-bond donors (Lipinski definition) is 2. The monoisotopic (exact) mass is 271 g/mol. The second-order valence-electron chi connectivity index (χ2n) is 4.14. The van der Waals surface area contributed by atoms with Crippen molar-refractivity contribution in [3.05, 3.63) is 35.3 Å². The molecule has 8 heteroatoms. The van der Waals surface area contributed by atoms with Gasteiger partial charge in [0.25, 0.3) is 0 Å². The summed E-state index contributed by atoms with van der Waals surface area (Å²) in [6, 6.07) is 7.87. The van der Waals surface area contributed by atoms with Gasteiger partial charge >= 0.3 is 0 Å². The van der Waals surface area contributed by atoms with Crippen LogP contribution in [0.5, 0.6) is 0 Å². The van der Waals surface area contributed by atoms with Crippen LogP contribution in [0.1, 0.15) is 11.9 Å². The maximum absolute atomic E-state index is 5.81. The molecule has 4 rings (SSSR count). The first-order chi connectivity index (χ1) is 9.33. The largest absolute Gasteiger partial charge is 0.370 e. The van der Waals surface area contributed by atoms with Crippen molar-refractivity contribution in [3.63, 3.8) is 0 Å². The number of aliphatic imine (C=N–C) groups is 1. The summed E-state index contributed by atoms with van der Waals surface area (Å²) >= 11 is 1.29. The summed E-state index contributed by atoms with van der Waals surface area (Å²) in [6.45, 7) is 0. The smallest absolute Gasteiger partial charge is 0.212 e. The van der Waals surface area contributed by atoms with Gasteiger partial charge in [-0.2, -0.15) is 0 Å². The third kappa shape index (κ3) is 1.50. The number of anilines is 1. The Bertz CT molecular complexity index is 774. The number of para-hydroxylation sites is 2. The van der Waals surface area contributed by atoms with Gasteiger partial charge in [0.1, 0.15) is 5.69 Å². The molecule has 0 bridgehead atoms. The van der Waals surface area contributed by atoms with Gasteiger partial charge in [-0.15, -0.1) is 5.10 Å². The van der Waals surface area contributed by atoms with Gasteiger partial charge in [0.15, 0.2) is 12.1 Å². The Labute approximate surface area is 112 Å². The van der Waals surface area contributed by atoms with Crippen LogP contribution in [0.25, 0.3) is 11.0 Å². The molecule has 1 unspecified atom stereocenters. The zero-order chi connectivity index (χ0) is 12.8. The minimum atomic E-state index is -0.317. The van der Waals surface area contributed by atoms with Crippen LogP contribution < -0.4 is 11.1 Å². The normalized spacial score (nSPS) is 17.9. The second kappa shape index (κ2) is 3.75. The average molecular weight is 271 g/mol. The van der Waals surface area contributed by atoms with E-state index in [9.17, 15) is 0 Å². The van der Waals surface area contributed by atoms with Gasteiger partial charge in [0.05, 0.1) is 11.0 Å². The number of benzene rings is 1.